The molecule has 1 unspecified atom stereocenters. The Morgan fingerprint density at radius 3 is 2.63 bits per heavy atom. The quantitative estimate of drug-likeness (QED) is 0.878. The van der Waals surface area contributed by atoms with Crippen molar-refractivity contribution in [3.63, 3.8) is 0 Å². The van der Waals surface area contributed by atoms with Crippen molar-refractivity contribution in [2.24, 2.45) is 12.5 Å². The maximum Gasteiger partial charge on any atom is 0.140 e. The number of piperazine rings is 1. The van der Waals surface area contributed by atoms with E-state index in [0.29, 0.717) is 6.04 Å². The first-order chi connectivity index (χ1) is 8.70. The van der Waals surface area contributed by atoms with Crippen LogP contribution in [0.25, 0.3) is 0 Å². The Morgan fingerprint density at radius 1 is 1.42 bits per heavy atom. The molecule has 0 saturated carbocycles. The van der Waals surface area contributed by atoms with E-state index in [1.54, 1.807) is 6.33 Å². The normalized spacial score (nSPS) is 24.6. The molecule has 1 atom stereocenters. The van der Waals surface area contributed by atoms with Crippen molar-refractivity contribution < 1.29 is 0 Å². The molecule has 1 fully saturated rings. The molecule has 0 spiro atoms. The molecule has 1 saturated heterocycles. The highest BCUT2D eigenvalue weighted by molar-refractivity contribution is 4.98. The Hall–Kier alpha value is -0.940. The van der Waals surface area contributed by atoms with Crippen molar-refractivity contribution in [3.8, 4) is 0 Å². The second-order valence-electron chi connectivity index (χ2n) is 7.29. The van der Waals surface area contributed by atoms with Crippen LogP contribution in [0.3, 0.4) is 0 Å². The molecule has 5 nitrogen and oxygen atoms in total. The van der Waals surface area contributed by atoms with Gasteiger partial charge in [-0.1, -0.05) is 20.8 Å². The number of hydrogen-bond acceptors (Lipinski definition) is 4. The predicted octanol–water partition coefficient (Wildman–Crippen LogP) is 1.41. The van der Waals surface area contributed by atoms with Crippen LogP contribution >= 0.6 is 0 Å². The van der Waals surface area contributed by atoms with Gasteiger partial charge in [0.15, 0.2) is 0 Å². The zero-order valence-corrected chi connectivity index (χ0v) is 13.1. The van der Waals surface area contributed by atoms with Gasteiger partial charge in [-0.3, -0.25) is 9.58 Å². The molecular weight excluding hydrogens is 238 g/mol. The van der Waals surface area contributed by atoms with Crippen LogP contribution in [0.15, 0.2) is 6.33 Å². The lowest BCUT2D eigenvalue weighted by molar-refractivity contribution is 0.0268. The van der Waals surface area contributed by atoms with Crippen LogP contribution < -0.4 is 5.32 Å². The van der Waals surface area contributed by atoms with Gasteiger partial charge in [0.1, 0.15) is 12.2 Å². The van der Waals surface area contributed by atoms with Crippen molar-refractivity contribution in [1.82, 2.24) is 25.0 Å². The lowest BCUT2D eigenvalue weighted by atomic mass is 9.83. The third-order valence-electron chi connectivity index (χ3n) is 4.22. The average Bonchev–Trinajstić information content (AvgIpc) is 2.65. The molecule has 1 aromatic rings. The van der Waals surface area contributed by atoms with Crippen molar-refractivity contribution >= 4 is 0 Å². The van der Waals surface area contributed by atoms with Gasteiger partial charge in [0.2, 0.25) is 0 Å². The fraction of sp³-hybridized carbons (Fsp3) is 0.857. The number of nitrogens with zero attached hydrogens (tertiary/aromatic N) is 4. The van der Waals surface area contributed by atoms with Gasteiger partial charge in [-0.05, 0) is 19.3 Å². The minimum absolute atomic E-state index is 0.147. The highest BCUT2D eigenvalue weighted by atomic mass is 15.4. The summed E-state index contributed by atoms with van der Waals surface area (Å²) < 4.78 is 1.87. The van der Waals surface area contributed by atoms with Gasteiger partial charge in [0.25, 0.3) is 0 Å². The molecule has 1 aromatic heterocycles. The lowest BCUT2D eigenvalue weighted by Crippen LogP contribution is -2.64. The molecule has 108 valence electrons. The second-order valence-corrected chi connectivity index (χ2v) is 7.29. The first kappa shape index (κ1) is 14.5. The minimum atomic E-state index is 0.147. The third-order valence-corrected chi connectivity index (χ3v) is 4.22. The van der Waals surface area contributed by atoms with E-state index in [2.05, 4.69) is 54.9 Å². The standard InChI is InChI=1S/C14H27N5/c1-13(2,3)11-7-19(14(4,5)9-15-11)8-12-16-10-17-18(12)6/h10-11,15H,7-9H2,1-6H3. The van der Waals surface area contributed by atoms with Crippen LogP contribution in [0.5, 0.6) is 0 Å². The number of aromatic nitrogens is 3. The van der Waals surface area contributed by atoms with Gasteiger partial charge < -0.3 is 5.32 Å². The molecule has 0 bridgehead atoms. The Labute approximate surface area is 116 Å². The van der Waals surface area contributed by atoms with E-state index < -0.39 is 0 Å². The molecule has 1 N–H and O–H groups in total. The summed E-state index contributed by atoms with van der Waals surface area (Å²) in [4.78, 5) is 6.87. The van der Waals surface area contributed by atoms with Crippen molar-refractivity contribution in [1.29, 1.82) is 0 Å². The largest absolute Gasteiger partial charge is 0.310 e. The van der Waals surface area contributed by atoms with E-state index >= 15 is 0 Å². The Morgan fingerprint density at radius 2 is 2.11 bits per heavy atom. The molecule has 2 heterocycles. The number of hydrogen-bond donors (Lipinski definition) is 1. The highest BCUT2D eigenvalue weighted by Gasteiger charge is 2.38. The second kappa shape index (κ2) is 4.87. The summed E-state index contributed by atoms with van der Waals surface area (Å²) in [6, 6.07) is 0.508. The molecule has 1 aliphatic rings. The summed E-state index contributed by atoms with van der Waals surface area (Å²) >= 11 is 0. The fourth-order valence-electron chi connectivity index (χ4n) is 2.51. The Kier molecular flexibility index (Phi) is 3.71. The summed E-state index contributed by atoms with van der Waals surface area (Å²) in [5.74, 6) is 1.03. The molecule has 0 amide bonds. The molecular formula is C14H27N5. The smallest absolute Gasteiger partial charge is 0.140 e. The summed E-state index contributed by atoms with van der Waals surface area (Å²) in [5, 5.41) is 7.85. The summed E-state index contributed by atoms with van der Waals surface area (Å²) in [6.07, 6.45) is 1.63. The average molecular weight is 265 g/mol. The van der Waals surface area contributed by atoms with E-state index in [1.807, 2.05) is 11.7 Å². The van der Waals surface area contributed by atoms with Crippen molar-refractivity contribution in [2.45, 2.75) is 52.7 Å². The molecule has 19 heavy (non-hydrogen) atoms. The molecule has 1 aliphatic heterocycles. The van der Waals surface area contributed by atoms with Gasteiger partial charge in [-0.25, -0.2) is 4.98 Å². The van der Waals surface area contributed by atoms with Gasteiger partial charge in [-0.15, -0.1) is 0 Å². The zero-order valence-electron chi connectivity index (χ0n) is 13.1. The molecule has 0 aliphatic carbocycles. The molecule has 0 aromatic carbocycles. The summed E-state index contributed by atoms with van der Waals surface area (Å²) in [6.45, 7) is 14.4. The zero-order chi connectivity index (χ0) is 14.3. The van der Waals surface area contributed by atoms with Crippen molar-refractivity contribution in [3.05, 3.63) is 12.2 Å². The Balaban J connectivity index is 2.13. The lowest BCUT2D eigenvalue weighted by Gasteiger charge is -2.49. The van der Waals surface area contributed by atoms with E-state index in [1.165, 1.54) is 0 Å². The maximum absolute atomic E-state index is 4.35. The van der Waals surface area contributed by atoms with E-state index in [0.717, 1.165) is 25.5 Å². The number of rotatable bonds is 2. The highest BCUT2D eigenvalue weighted by Crippen LogP contribution is 2.28. The SMILES string of the molecule is Cn1ncnc1CN1CC(C(C)(C)C)NCC1(C)C. The third kappa shape index (κ3) is 3.15. The maximum atomic E-state index is 4.35. The molecule has 2 rings (SSSR count). The summed E-state index contributed by atoms with van der Waals surface area (Å²) in [5.41, 5.74) is 0.419. The van der Waals surface area contributed by atoms with Crippen LogP contribution in [0, 0.1) is 5.41 Å². The van der Waals surface area contributed by atoms with Crippen molar-refractivity contribution in [2.75, 3.05) is 13.1 Å². The van der Waals surface area contributed by atoms with Crippen LogP contribution in [0.4, 0.5) is 0 Å². The molecule has 0 radical (unpaired) electrons. The van der Waals surface area contributed by atoms with Crippen LogP contribution in [-0.2, 0) is 13.6 Å². The van der Waals surface area contributed by atoms with Crippen LogP contribution in [0.1, 0.15) is 40.4 Å². The van der Waals surface area contributed by atoms with Gasteiger partial charge in [0, 0.05) is 31.7 Å². The first-order valence-electron chi connectivity index (χ1n) is 7.01. The van der Waals surface area contributed by atoms with Gasteiger partial charge >= 0.3 is 0 Å². The minimum Gasteiger partial charge on any atom is -0.310 e. The first-order valence-corrected chi connectivity index (χ1v) is 7.01. The number of aryl methyl sites for hydroxylation is 1. The van der Waals surface area contributed by atoms with Gasteiger partial charge in [-0.2, -0.15) is 5.10 Å². The van der Waals surface area contributed by atoms with E-state index in [9.17, 15) is 0 Å². The topological polar surface area (TPSA) is 46.0 Å². The van der Waals surface area contributed by atoms with E-state index in [-0.39, 0.29) is 11.0 Å². The Bertz CT molecular complexity index is 429. The van der Waals surface area contributed by atoms with Crippen LogP contribution in [-0.4, -0.2) is 44.3 Å². The fourth-order valence-corrected chi connectivity index (χ4v) is 2.51. The predicted molar refractivity (Wildman–Crippen MR) is 76.7 cm³/mol. The molecule has 5 heteroatoms. The summed E-state index contributed by atoms with van der Waals surface area (Å²) in [7, 11) is 1.96. The van der Waals surface area contributed by atoms with Crippen LogP contribution in [0.2, 0.25) is 0 Å². The number of nitrogens with one attached hydrogen (secondary N) is 1. The monoisotopic (exact) mass is 265 g/mol. The van der Waals surface area contributed by atoms with E-state index in [4.69, 9.17) is 0 Å². The van der Waals surface area contributed by atoms with Gasteiger partial charge in [0.05, 0.1) is 6.54 Å².